The summed E-state index contributed by atoms with van der Waals surface area (Å²) in [5.41, 5.74) is 3.32. The highest BCUT2D eigenvalue weighted by Crippen LogP contribution is 2.41. The Morgan fingerprint density at radius 2 is 1.40 bits per heavy atom. The summed E-state index contributed by atoms with van der Waals surface area (Å²) in [7, 11) is 0. The maximum Gasteiger partial charge on any atom is 0.123 e. The lowest BCUT2D eigenvalue weighted by Crippen LogP contribution is -2.50. The molecule has 0 bridgehead atoms. The quantitative estimate of drug-likeness (QED) is 0.832. The van der Waals surface area contributed by atoms with E-state index in [9.17, 15) is 19.0 Å². The summed E-state index contributed by atoms with van der Waals surface area (Å²) in [6.07, 6.45) is 1.60. The van der Waals surface area contributed by atoms with E-state index in [2.05, 4.69) is 0 Å². The molecule has 1 aliphatic heterocycles. The minimum Gasteiger partial charge on any atom is -0.390 e. The third-order valence-corrected chi connectivity index (χ3v) is 5.39. The number of benzene rings is 2. The number of aliphatic hydroxyl groups excluding tert-OH is 2. The van der Waals surface area contributed by atoms with Crippen molar-refractivity contribution in [3.63, 3.8) is 0 Å². The molecule has 3 nitrogen and oxygen atoms in total. The third-order valence-electron chi connectivity index (χ3n) is 5.39. The molecule has 2 aliphatic rings. The predicted molar refractivity (Wildman–Crippen MR) is 92.0 cm³/mol. The van der Waals surface area contributed by atoms with Gasteiger partial charge in [-0.15, -0.1) is 0 Å². The van der Waals surface area contributed by atoms with Gasteiger partial charge in [0.2, 0.25) is 0 Å². The fourth-order valence-electron chi connectivity index (χ4n) is 4.15. The van der Waals surface area contributed by atoms with E-state index in [0.29, 0.717) is 25.7 Å². The molecular formula is C20H21F2NO2. The number of fused-ring (bicyclic) bond motifs is 2. The van der Waals surface area contributed by atoms with Crippen molar-refractivity contribution < 1.29 is 19.0 Å². The second-order valence-corrected chi connectivity index (χ2v) is 6.97. The second-order valence-electron chi connectivity index (χ2n) is 6.97. The molecule has 2 aromatic rings. The van der Waals surface area contributed by atoms with Gasteiger partial charge in [-0.05, 0) is 79.6 Å². The van der Waals surface area contributed by atoms with Gasteiger partial charge in [0.1, 0.15) is 17.7 Å². The molecule has 1 aliphatic carbocycles. The van der Waals surface area contributed by atoms with E-state index in [1.807, 2.05) is 4.90 Å². The molecule has 0 aromatic heterocycles. The normalized spacial score (nSPS) is 25.9. The van der Waals surface area contributed by atoms with Crippen LogP contribution in [0.1, 0.15) is 30.4 Å². The van der Waals surface area contributed by atoms with Crippen LogP contribution in [0.15, 0.2) is 36.4 Å². The van der Waals surface area contributed by atoms with Crippen LogP contribution in [0, 0.1) is 11.6 Å². The summed E-state index contributed by atoms with van der Waals surface area (Å²) in [5.74, 6) is -0.611. The fraction of sp³-hybridized carbons (Fsp3) is 0.400. The molecule has 3 atom stereocenters. The number of aliphatic hydroxyl groups is 2. The maximum absolute atomic E-state index is 13.8. The summed E-state index contributed by atoms with van der Waals surface area (Å²) < 4.78 is 27.5. The van der Waals surface area contributed by atoms with Gasteiger partial charge >= 0.3 is 0 Å². The molecule has 5 heteroatoms. The molecule has 0 amide bonds. The highest BCUT2D eigenvalue weighted by molar-refractivity contribution is 5.72. The number of rotatable bonds is 1. The molecule has 25 heavy (non-hydrogen) atoms. The van der Waals surface area contributed by atoms with Gasteiger partial charge in [-0.25, -0.2) is 8.78 Å². The Hall–Kier alpha value is -1.98. The van der Waals surface area contributed by atoms with Crippen molar-refractivity contribution >= 4 is 11.4 Å². The van der Waals surface area contributed by atoms with Crippen LogP contribution in [-0.4, -0.2) is 28.5 Å². The largest absolute Gasteiger partial charge is 0.390 e. The van der Waals surface area contributed by atoms with E-state index in [0.717, 1.165) is 28.9 Å². The molecule has 2 N–H and O–H groups in total. The molecule has 1 heterocycles. The van der Waals surface area contributed by atoms with Crippen LogP contribution in [0.25, 0.3) is 0 Å². The van der Waals surface area contributed by atoms with E-state index in [4.69, 9.17) is 0 Å². The highest BCUT2D eigenvalue weighted by Gasteiger charge is 2.37. The number of hydrogen-bond donors (Lipinski definition) is 2. The van der Waals surface area contributed by atoms with Crippen LogP contribution in [0.5, 0.6) is 0 Å². The minimum atomic E-state index is -0.900. The smallest absolute Gasteiger partial charge is 0.123 e. The van der Waals surface area contributed by atoms with Crippen LogP contribution < -0.4 is 4.90 Å². The van der Waals surface area contributed by atoms with Crippen LogP contribution in [0.4, 0.5) is 20.2 Å². The lowest BCUT2D eigenvalue weighted by molar-refractivity contribution is -0.0204. The van der Waals surface area contributed by atoms with Crippen LogP contribution >= 0.6 is 0 Å². The maximum atomic E-state index is 13.8. The van der Waals surface area contributed by atoms with Crippen molar-refractivity contribution in [2.45, 2.75) is 50.4 Å². The Bertz CT molecular complexity index is 742. The monoisotopic (exact) mass is 345 g/mol. The molecule has 132 valence electrons. The van der Waals surface area contributed by atoms with Gasteiger partial charge < -0.3 is 15.1 Å². The number of aryl methyl sites for hydroxylation is 2. The number of nitrogens with zero attached hydrogens (tertiary/aromatic N) is 1. The summed E-state index contributed by atoms with van der Waals surface area (Å²) in [5, 5.41) is 20.7. The SMILES string of the molecule is O[C@@H]1[C@H](O)CCC[C@H]1N1c2ccc(F)cc2CCc2cc(F)ccc21. The summed E-state index contributed by atoms with van der Waals surface area (Å²) in [4.78, 5) is 1.98. The second kappa shape index (κ2) is 6.39. The first-order chi connectivity index (χ1) is 12.0. The Kier molecular flexibility index (Phi) is 4.21. The molecule has 1 fully saturated rings. The molecule has 2 aromatic carbocycles. The topological polar surface area (TPSA) is 43.7 Å². The first-order valence-corrected chi connectivity index (χ1v) is 8.77. The van der Waals surface area contributed by atoms with Gasteiger partial charge in [0.25, 0.3) is 0 Å². The first-order valence-electron chi connectivity index (χ1n) is 8.77. The van der Waals surface area contributed by atoms with Gasteiger partial charge in [-0.2, -0.15) is 0 Å². The van der Waals surface area contributed by atoms with Crippen LogP contribution in [0.2, 0.25) is 0 Å². The van der Waals surface area contributed by atoms with E-state index >= 15 is 0 Å². The standard InChI is InChI=1S/C20H21F2NO2/c21-14-6-8-16-12(10-14)4-5-13-11-15(22)7-9-17(13)23(16)18-2-1-3-19(24)20(18)25/h6-11,18-20,24-25H,1-5H2/t18-,19-,20+/m1/s1. The lowest BCUT2D eigenvalue weighted by atomic mass is 9.88. The lowest BCUT2D eigenvalue weighted by Gasteiger charge is -2.41. The third kappa shape index (κ3) is 2.92. The Morgan fingerprint density at radius 3 is 1.96 bits per heavy atom. The van der Waals surface area contributed by atoms with E-state index in [1.54, 1.807) is 12.1 Å². The Labute approximate surface area is 145 Å². The van der Waals surface area contributed by atoms with Gasteiger partial charge in [-0.3, -0.25) is 0 Å². The van der Waals surface area contributed by atoms with Gasteiger partial charge in [0.15, 0.2) is 0 Å². The highest BCUT2D eigenvalue weighted by atomic mass is 19.1. The van der Waals surface area contributed by atoms with Gasteiger partial charge in [-0.1, -0.05) is 0 Å². The molecular weight excluding hydrogens is 324 g/mol. The number of hydrogen-bond acceptors (Lipinski definition) is 3. The van der Waals surface area contributed by atoms with Crippen LogP contribution in [0.3, 0.4) is 0 Å². The number of halogens is 2. The number of anilines is 2. The first kappa shape index (κ1) is 16.5. The van der Waals surface area contributed by atoms with Crippen molar-refractivity contribution in [1.82, 2.24) is 0 Å². The summed E-state index contributed by atoms with van der Waals surface area (Å²) >= 11 is 0. The minimum absolute atomic E-state index is 0.305. The predicted octanol–water partition coefficient (Wildman–Crippen LogP) is 3.48. The van der Waals surface area contributed by atoms with Crippen molar-refractivity contribution in [2.75, 3.05) is 4.90 Å². The summed E-state index contributed by atoms with van der Waals surface area (Å²) in [6, 6.07) is 8.95. The molecule has 0 spiro atoms. The fourth-order valence-corrected chi connectivity index (χ4v) is 4.15. The zero-order valence-electron chi connectivity index (χ0n) is 13.8. The summed E-state index contributed by atoms with van der Waals surface area (Å²) in [6.45, 7) is 0. The Morgan fingerprint density at radius 1 is 0.840 bits per heavy atom. The molecule has 1 saturated carbocycles. The average molecular weight is 345 g/mol. The zero-order valence-corrected chi connectivity index (χ0v) is 13.8. The van der Waals surface area contributed by atoms with Crippen molar-refractivity contribution in [2.24, 2.45) is 0 Å². The molecule has 0 radical (unpaired) electrons. The molecule has 0 saturated heterocycles. The zero-order chi connectivity index (χ0) is 17.6. The van der Waals surface area contributed by atoms with Crippen molar-refractivity contribution in [1.29, 1.82) is 0 Å². The Balaban J connectivity index is 1.88. The average Bonchev–Trinajstić information content (AvgIpc) is 2.74. The molecule has 4 rings (SSSR count). The van der Waals surface area contributed by atoms with Crippen molar-refractivity contribution in [3.05, 3.63) is 59.2 Å². The van der Waals surface area contributed by atoms with E-state index in [-0.39, 0.29) is 17.7 Å². The van der Waals surface area contributed by atoms with Gasteiger partial charge in [0, 0.05) is 11.4 Å². The molecule has 0 unspecified atom stereocenters. The van der Waals surface area contributed by atoms with Gasteiger partial charge in [0.05, 0.1) is 12.1 Å². The van der Waals surface area contributed by atoms with E-state index in [1.165, 1.54) is 24.3 Å². The van der Waals surface area contributed by atoms with Crippen molar-refractivity contribution in [3.8, 4) is 0 Å². The van der Waals surface area contributed by atoms with E-state index < -0.39 is 12.2 Å². The van der Waals surface area contributed by atoms with Crippen LogP contribution in [-0.2, 0) is 12.8 Å².